The molecule has 0 aliphatic carbocycles. The van der Waals surface area contributed by atoms with E-state index in [0.29, 0.717) is 6.54 Å². The van der Waals surface area contributed by atoms with Gasteiger partial charge in [0, 0.05) is 12.7 Å². The summed E-state index contributed by atoms with van der Waals surface area (Å²) in [5, 5.41) is 0. The molecule has 0 aliphatic rings. The van der Waals surface area contributed by atoms with E-state index in [-0.39, 0.29) is 0 Å². The van der Waals surface area contributed by atoms with E-state index in [4.69, 9.17) is 5.84 Å². The van der Waals surface area contributed by atoms with Gasteiger partial charge in [0.05, 0.1) is 15.9 Å². The Morgan fingerprint density at radius 2 is 2.38 bits per heavy atom. The number of benzene rings is 1. The fraction of sp³-hybridized carbons (Fsp3) is 0.182. The molecule has 0 saturated carbocycles. The van der Waals surface area contributed by atoms with Gasteiger partial charge in [-0.15, -0.1) is 0 Å². The number of thiazole rings is 1. The first-order valence-electron chi connectivity index (χ1n) is 5.08. The molecule has 0 fully saturated rings. The van der Waals surface area contributed by atoms with E-state index >= 15 is 0 Å². The Kier molecular flexibility index (Phi) is 2.17. The molecule has 0 saturated heterocycles. The lowest BCUT2D eigenvalue weighted by molar-refractivity contribution is 0.742. The van der Waals surface area contributed by atoms with Gasteiger partial charge >= 0.3 is 0 Å². The Morgan fingerprint density at radius 3 is 3.19 bits per heavy atom. The van der Waals surface area contributed by atoms with Crippen LogP contribution in [0.3, 0.4) is 0 Å². The summed E-state index contributed by atoms with van der Waals surface area (Å²) in [7, 11) is 0. The maximum Gasteiger partial charge on any atom is 0.194 e. The smallest absolute Gasteiger partial charge is 0.194 e. The number of hydrazine groups is 1. The summed E-state index contributed by atoms with van der Waals surface area (Å²) < 4.78 is 3.38. The number of fused-ring (bicyclic) bond motifs is 3. The van der Waals surface area contributed by atoms with Gasteiger partial charge in [-0.25, -0.2) is 4.98 Å². The number of hydrogen-bond donors (Lipinski definition) is 2. The van der Waals surface area contributed by atoms with Gasteiger partial charge in [-0.3, -0.25) is 15.7 Å². The number of aryl methyl sites for hydroxylation is 1. The van der Waals surface area contributed by atoms with Gasteiger partial charge in [0.2, 0.25) is 0 Å². The topological polar surface area (TPSA) is 55.3 Å². The van der Waals surface area contributed by atoms with Crippen molar-refractivity contribution in [1.29, 1.82) is 0 Å². The van der Waals surface area contributed by atoms with Gasteiger partial charge in [-0.1, -0.05) is 17.4 Å². The lowest BCUT2D eigenvalue weighted by Gasteiger charge is -1.99. The van der Waals surface area contributed by atoms with Crippen LogP contribution in [0.25, 0.3) is 15.2 Å². The van der Waals surface area contributed by atoms with Crippen molar-refractivity contribution in [3.8, 4) is 0 Å². The highest BCUT2D eigenvalue weighted by molar-refractivity contribution is 7.23. The molecular formula is C11H12N4S. The van der Waals surface area contributed by atoms with Crippen LogP contribution in [-0.2, 0) is 6.54 Å². The van der Waals surface area contributed by atoms with Gasteiger partial charge in [-0.2, -0.15) is 0 Å². The van der Waals surface area contributed by atoms with E-state index in [2.05, 4.69) is 39.2 Å². The summed E-state index contributed by atoms with van der Waals surface area (Å²) in [6, 6.07) is 6.36. The zero-order valence-electron chi connectivity index (χ0n) is 8.90. The number of aromatic nitrogens is 2. The van der Waals surface area contributed by atoms with Crippen LogP contribution in [0.2, 0.25) is 0 Å². The molecular weight excluding hydrogens is 220 g/mol. The molecule has 0 atom stereocenters. The molecule has 3 N–H and O–H groups in total. The highest BCUT2D eigenvalue weighted by Gasteiger charge is 2.07. The molecule has 5 heteroatoms. The summed E-state index contributed by atoms with van der Waals surface area (Å²) in [4.78, 5) is 5.51. The lowest BCUT2D eigenvalue weighted by Crippen LogP contribution is -2.20. The SMILES string of the molecule is Cc1cn2c(n1)sc1cc(CNN)ccc12. The van der Waals surface area contributed by atoms with Crippen LogP contribution in [0.15, 0.2) is 24.4 Å². The number of nitrogens with two attached hydrogens (primary N) is 1. The van der Waals surface area contributed by atoms with Crippen molar-refractivity contribution in [2.75, 3.05) is 0 Å². The minimum absolute atomic E-state index is 0.690. The van der Waals surface area contributed by atoms with E-state index < -0.39 is 0 Å². The normalized spacial score (nSPS) is 11.6. The second kappa shape index (κ2) is 3.55. The maximum atomic E-state index is 5.32. The molecule has 4 nitrogen and oxygen atoms in total. The van der Waals surface area contributed by atoms with E-state index in [1.54, 1.807) is 11.3 Å². The summed E-state index contributed by atoms with van der Waals surface area (Å²) in [5.74, 6) is 5.32. The second-order valence-corrected chi connectivity index (χ2v) is 4.83. The third-order valence-electron chi connectivity index (χ3n) is 2.59. The molecule has 1 aromatic carbocycles. The molecule has 0 bridgehead atoms. The van der Waals surface area contributed by atoms with Crippen molar-refractivity contribution in [1.82, 2.24) is 14.8 Å². The standard InChI is InChI=1S/C11H12N4S/c1-7-6-15-9-3-2-8(5-13-12)4-10(9)16-11(15)14-7/h2-4,6,13H,5,12H2,1H3. The average Bonchev–Trinajstić information content (AvgIpc) is 2.73. The van der Waals surface area contributed by atoms with Gasteiger partial charge in [0.1, 0.15) is 0 Å². The van der Waals surface area contributed by atoms with Crippen LogP contribution in [-0.4, -0.2) is 9.38 Å². The van der Waals surface area contributed by atoms with Crippen LogP contribution < -0.4 is 11.3 Å². The first-order valence-corrected chi connectivity index (χ1v) is 5.90. The molecule has 0 radical (unpaired) electrons. The van der Waals surface area contributed by atoms with Crippen molar-refractivity contribution in [3.63, 3.8) is 0 Å². The Labute approximate surface area is 96.7 Å². The van der Waals surface area contributed by atoms with Crippen molar-refractivity contribution in [2.45, 2.75) is 13.5 Å². The van der Waals surface area contributed by atoms with E-state index in [1.165, 1.54) is 15.8 Å². The van der Waals surface area contributed by atoms with Crippen molar-refractivity contribution in [3.05, 3.63) is 35.7 Å². The number of imidazole rings is 1. The lowest BCUT2D eigenvalue weighted by atomic mass is 10.2. The van der Waals surface area contributed by atoms with E-state index in [1.807, 2.05) is 6.92 Å². The summed E-state index contributed by atoms with van der Waals surface area (Å²) >= 11 is 1.71. The molecule has 82 valence electrons. The average molecular weight is 232 g/mol. The largest absolute Gasteiger partial charge is 0.290 e. The van der Waals surface area contributed by atoms with Crippen molar-refractivity contribution >= 4 is 26.5 Å². The summed E-state index contributed by atoms with van der Waals surface area (Å²) in [6.45, 7) is 2.70. The molecule has 3 rings (SSSR count). The number of nitrogens with zero attached hydrogens (tertiary/aromatic N) is 2. The highest BCUT2D eigenvalue weighted by Crippen LogP contribution is 2.27. The minimum Gasteiger partial charge on any atom is -0.290 e. The predicted octanol–water partition coefficient (Wildman–Crippen LogP) is 1.82. The molecule has 16 heavy (non-hydrogen) atoms. The van der Waals surface area contributed by atoms with Gasteiger partial charge in [-0.05, 0) is 24.6 Å². The molecule has 0 amide bonds. The zero-order valence-corrected chi connectivity index (χ0v) is 9.71. The quantitative estimate of drug-likeness (QED) is 0.523. The maximum absolute atomic E-state index is 5.32. The van der Waals surface area contributed by atoms with Crippen molar-refractivity contribution in [2.24, 2.45) is 5.84 Å². The van der Waals surface area contributed by atoms with Gasteiger partial charge < -0.3 is 0 Å². The molecule has 2 heterocycles. The van der Waals surface area contributed by atoms with Crippen LogP contribution >= 0.6 is 11.3 Å². The minimum atomic E-state index is 0.690. The van der Waals surface area contributed by atoms with Crippen LogP contribution in [0.5, 0.6) is 0 Å². The molecule has 2 aromatic heterocycles. The number of nitrogens with one attached hydrogen (secondary N) is 1. The Bertz CT molecular complexity index is 652. The van der Waals surface area contributed by atoms with Crippen LogP contribution in [0, 0.1) is 6.92 Å². The Morgan fingerprint density at radius 1 is 1.50 bits per heavy atom. The van der Waals surface area contributed by atoms with E-state index in [0.717, 1.165) is 10.7 Å². The predicted molar refractivity (Wildman–Crippen MR) is 66.3 cm³/mol. The monoisotopic (exact) mass is 232 g/mol. The fourth-order valence-corrected chi connectivity index (χ4v) is 3.00. The van der Waals surface area contributed by atoms with E-state index in [9.17, 15) is 0 Å². The Hall–Kier alpha value is -1.43. The van der Waals surface area contributed by atoms with Crippen LogP contribution in [0.4, 0.5) is 0 Å². The highest BCUT2D eigenvalue weighted by atomic mass is 32.1. The molecule has 0 spiro atoms. The summed E-state index contributed by atoms with van der Waals surface area (Å²) in [5.41, 5.74) is 6.12. The summed E-state index contributed by atoms with van der Waals surface area (Å²) in [6.07, 6.45) is 2.06. The number of rotatable bonds is 2. The second-order valence-electron chi connectivity index (χ2n) is 3.82. The van der Waals surface area contributed by atoms with Gasteiger partial charge in [0.25, 0.3) is 0 Å². The molecule has 0 aliphatic heterocycles. The van der Waals surface area contributed by atoms with Crippen LogP contribution in [0.1, 0.15) is 11.3 Å². The first-order chi connectivity index (χ1) is 7.78. The third-order valence-corrected chi connectivity index (χ3v) is 3.60. The number of hydrogen-bond acceptors (Lipinski definition) is 4. The molecule has 3 aromatic rings. The fourth-order valence-electron chi connectivity index (χ4n) is 1.89. The molecule has 0 unspecified atom stereocenters. The first kappa shape index (κ1) is 9.77. The third kappa shape index (κ3) is 1.41. The van der Waals surface area contributed by atoms with Gasteiger partial charge in [0.15, 0.2) is 4.96 Å². The Balaban J connectivity index is 2.25. The van der Waals surface area contributed by atoms with Crippen molar-refractivity contribution < 1.29 is 0 Å². The zero-order chi connectivity index (χ0) is 11.1.